The van der Waals surface area contributed by atoms with Gasteiger partial charge in [0.1, 0.15) is 0 Å². The summed E-state index contributed by atoms with van der Waals surface area (Å²) >= 11 is 0. The minimum absolute atomic E-state index is 0.0266. The maximum absolute atomic E-state index is 10.9. The van der Waals surface area contributed by atoms with Crippen molar-refractivity contribution in [1.29, 1.82) is 0 Å². The van der Waals surface area contributed by atoms with Crippen molar-refractivity contribution in [2.24, 2.45) is 0 Å². The summed E-state index contributed by atoms with van der Waals surface area (Å²) in [6.07, 6.45) is 0.974. The number of carbonyl (C=O) groups is 1. The van der Waals surface area contributed by atoms with Gasteiger partial charge in [0.25, 0.3) is 0 Å². The van der Waals surface area contributed by atoms with Crippen LogP contribution in [0.1, 0.15) is 36.5 Å². The maximum Gasteiger partial charge on any atom is 0.354 e. The fourth-order valence-electron chi connectivity index (χ4n) is 1.80. The number of carboxylic acid groups (broad SMARTS) is 1. The molecule has 19 heavy (non-hydrogen) atoms. The first kappa shape index (κ1) is 15.4. The summed E-state index contributed by atoms with van der Waals surface area (Å²) in [5.74, 6) is -0.645. The molecule has 0 aliphatic carbocycles. The molecule has 1 aromatic rings. The summed E-state index contributed by atoms with van der Waals surface area (Å²) in [5, 5.41) is 12.0. The van der Waals surface area contributed by atoms with E-state index in [1.807, 2.05) is 0 Å². The minimum atomic E-state index is -1.03. The van der Waals surface area contributed by atoms with Crippen molar-refractivity contribution >= 4 is 11.9 Å². The van der Waals surface area contributed by atoms with Gasteiger partial charge in [-0.1, -0.05) is 13.8 Å². The average molecular weight is 266 g/mol. The first-order chi connectivity index (χ1) is 9.06. The van der Waals surface area contributed by atoms with Crippen molar-refractivity contribution in [1.82, 2.24) is 14.9 Å². The Morgan fingerprint density at radius 1 is 1.37 bits per heavy atom. The largest absolute Gasteiger partial charge is 0.477 e. The van der Waals surface area contributed by atoms with Crippen LogP contribution in [0.3, 0.4) is 0 Å². The standard InChI is InChI=1S/C13H22N4O2/c1-4-17(5-2)8-6-7-14-13-15-10(3)9-11(16-13)12(18)19/h9H,4-8H2,1-3H3,(H,18,19)(H,14,15,16). The summed E-state index contributed by atoms with van der Waals surface area (Å²) in [6.45, 7) is 9.87. The predicted octanol–water partition coefficient (Wildman–Crippen LogP) is 1.63. The van der Waals surface area contributed by atoms with Crippen molar-refractivity contribution in [2.75, 3.05) is 31.5 Å². The van der Waals surface area contributed by atoms with Gasteiger partial charge in [0.2, 0.25) is 5.95 Å². The van der Waals surface area contributed by atoms with Gasteiger partial charge in [-0.2, -0.15) is 0 Å². The van der Waals surface area contributed by atoms with Gasteiger partial charge in [-0.05, 0) is 39.0 Å². The SMILES string of the molecule is CCN(CC)CCCNc1nc(C)cc(C(=O)O)n1. The highest BCUT2D eigenvalue weighted by atomic mass is 16.4. The topological polar surface area (TPSA) is 78.4 Å². The van der Waals surface area contributed by atoms with Gasteiger partial charge < -0.3 is 15.3 Å². The van der Waals surface area contributed by atoms with Crippen molar-refractivity contribution < 1.29 is 9.90 Å². The van der Waals surface area contributed by atoms with Crippen LogP contribution >= 0.6 is 0 Å². The third-order valence-corrected chi connectivity index (χ3v) is 2.90. The van der Waals surface area contributed by atoms with E-state index in [0.717, 1.165) is 32.6 Å². The molecule has 0 radical (unpaired) electrons. The molecule has 0 fully saturated rings. The van der Waals surface area contributed by atoms with E-state index in [9.17, 15) is 4.79 Å². The molecule has 6 heteroatoms. The molecule has 0 unspecified atom stereocenters. The lowest BCUT2D eigenvalue weighted by Crippen LogP contribution is -2.25. The highest BCUT2D eigenvalue weighted by Gasteiger charge is 2.08. The Balaban J connectivity index is 2.47. The zero-order valence-corrected chi connectivity index (χ0v) is 11.8. The Bertz CT molecular complexity index is 419. The molecule has 0 spiro atoms. The summed E-state index contributed by atoms with van der Waals surface area (Å²) in [4.78, 5) is 21.3. The number of rotatable bonds is 8. The van der Waals surface area contributed by atoms with Crippen LogP contribution in [0, 0.1) is 6.92 Å². The molecule has 1 heterocycles. The highest BCUT2D eigenvalue weighted by molar-refractivity contribution is 5.85. The fraction of sp³-hybridized carbons (Fsp3) is 0.615. The number of aryl methyl sites for hydroxylation is 1. The number of carboxylic acids is 1. The molecule has 0 atom stereocenters. The van der Waals surface area contributed by atoms with Crippen molar-refractivity contribution in [3.63, 3.8) is 0 Å². The van der Waals surface area contributed by atoms with Crippen LogP contribution in [-0.4, -0.2) is 52.1 Å². The smallest absolute Gasteiger partial charge is 0.354 e. The monoisotopic (exact) mass is 266 g/mol. The summed E-state index contributed by atoms with van der Waals surface area (Å²) in [7, 11) is 0. The molecule has 0 aliphatic rings. The fourth-order valence-corrected chi connectivity index (χ4v) is 1.80. The zero-order valence-electron chi connectivity index (χ0n) is 11.8. The molecule has 2 N–H and O–H groups in total. The number of nitrogens with zero attached hydrogens (tertiary/aromatic N) is 3. The highest BCUT2D eigenvalue weighted by Crippen LogP contribution is 2.05. The Kier molecular flexibility index (Phi) is 6.21. The van der Waals surface area contributed by atoms with E-state index in [1.54, 1.807) is 6.92 Å². The van der Waals surface area contributed by atoms with Gasteiger partial charge in [0.05, 0.1) is 0 Å². The Morgan fingerprint density at radius 3 is 2.63 bits per heavy atom. The van der Waals surface area contributed by atoms with Crippen molar-refractivity contribution in [3.05, 3.63) is 17.5 Å². The number of aromatic carboxylic acids is 1. The van der Waals surface area contributed by atoms with Gasteiger partial charge in [0, 0.05) is 12.2 Å². The quantitative estimate of drug-likeness (QED) is 0.696. The number of hydrogen-bond donors (Lipinski definition) is 2. The van der Waals surface area contributed by atoms with Crippen molar-refractivity contribution in [2.45, 2.75) is 27.2 Å². The van der Waals surface area contributed by atoms with E-state index >= 15 is 0 Å². The lowest BCUT2D eigenvalue weighted by atomic mass is 10.3. The molecule has 1 aromatic heterocycles. The molecule has 0 saturated carbocycles. The molecule has 0 aromatic carbocycles. The van der Waals surface area contributed by atoms with Crippen LogP contribution in [0.2, 0.25) is 0 Å². The lowest BCUT2D eigenvalue weighted by molar-refractivity contribution is 0.0690. The van der Waals surface area contributed by atoms with E-state index in [1.165, 1.54) is 6.07 Å². The lowest BCUT2D eigenvalue weighted by Gasteiger charge is -2.17. The van der Waals surface area contributed by atoms with Gasteiger partial charge >= 0.3 is 5.97 Å². The second kappa shape index (κ2) is 7.68. The maximum atomic E-state index is 10.9. The Morgan fingerprint density at radius 2 is 2.05 bits per heavy atom. The summed E-state index contributed by atoms with van der Waals surface area (Å²) in [5.41, 5.74) is 0.678. The molecule has 1 rings (SSSR count). The van der Waals surface area contributed by atoms with E-state index in [-0.39, 0.29) is 5.69 Å². The second-order valence-corrected chi connectivity index (χ2v) is 4.33. The van der Waals surface area contributed by atoms with Gasteiger partial charge in [-0.3, -0.25) is 0 Å². The number of anilines is 1. The number of nitrogens with one attached hydrogen (secondary N) is 1. The van der Waals surface area contributed by atoms with Crippen LogP contribution in [0.25, 0.3) is 0 Å². The molecular formula is C13H22N4O2. The molecule has 0 bridgehead atoms. The molecule has 0 saturated heterocycles. The van der Waals surface area contributed by atoms with Crippen LogP contribution < -0.4 is 5.32 Å². The third-order valence-electron chi connectivity index (χ3n) is 2.90. The Hall–Kier alpha value is -1.69. The van der Waals surface area contributed by atoms with Gasteiger partial charge in [-0.25, -0.2) is 14.8 Å². The number of hydrogen-bond acceptors (Lipinski definition) is 5. The molecular weight excluding hydrogens is 244 g/mol. The summed E-state index contributed by atoms with van der Waals surface area (Å²) < 4.78 is 0. The second-order valence-electron chi connectivity index (χ2n) is 4.33. The molecule has 0 amide bonds. The van der Waals surface area contributed by atoms with E-state index in [0.29, 0.717) is 11.6 Å². The molecule has 6 nitrogen and oxygen atoms in total. The predicted molar refractivity (Wildman–Crippen MR) is 74.6 cm³/mol. The Labute approximate surface area is 113 Å². The first-order valence-corrected chi connectivity index (χ1v) is 6.62. The summed E-state index contributed by atoms with van der Waals surface area (Å²) in [6, 6.07) is 1.46. The van der Waals surface area contributed by atoms with Crippen LogP contribution in [0.15, 0.2) is 6.07 Å². The zero-order chi connectivity index (χ0) is 14.3. The third kappa shape index (κ3) is 5.21. The normalized spacial score (nSPS) is 10.7. The molecule has 0 aliphatic heterocycles. The van der Waals surface area contributed by atoms with E-state index < -0.39 is 5.97 Å². The number of aromatic nitrogens is 2. The minimum Gasteiger partial charge on any atom is -0.477 e. The molecule has 106 valence electrons. The van der Waals surface area contributed by atoms with Crippen LogP contribution in [0.5, 0.6) is 0 Å². The van der Waals surface area contributed by atoms with Gasteiger partial charge in [0.15, 0.2) is 5.69 Å². The average Bonchev–Trinajstić information content (AvgIpc) is 2.38. The first-order valence-electron chi connectivity index (χ1n) is 6.62. The van der Waals surface area contributed by atoms with Crippen molar-refractivity contribution in [3.8, 4) is 0 Å². The van der Waals surface area contributed by atoms with Crippen LogP contribution in [0.4, 0.5) is 5.95 Å². The van der Waals surface area contributed by atoms with E-state index in [4.69, 9.17) is 5.11 Å². The van der Waals surface area contributed by atoms with Crippen LogP contribution in [-0.2, 0) is 0 Å². The van der Waals surface area contributed by atoms with E-state index in [2.05, 4.69) is 34.0 Å². The van der Waals surface area contributed by atoms with Gasteiger partial charge in [-0.15, -0.1) is 0 Å².